The van der Waals surface area contributed by atoms with Crippen LogP contribution in [-0.4, -0.2) is 21.6 Å². The molecule has 0 aliphatic carbocycles. The summed E-state index contributed by atoms with van der Waals surface area (Å²) in [6.07, 6.45) is 11.9. The molecule has 2 nitrogen and oxygen atoms in total. The van der Waals surface area contributed by atoms with Gasteiger partial charge in [0.1, 0.15) is 0 Å². The van der Waals surface area contributed by atoms with Crippen LogP contribution < -0.4 is 0 Å². The molecule has 0 spiro atoms. The van der Waals surface area contributed by atoms with Crippen molar-refractivity contribution in [2.24, 2.45) is 0 Å². The van der Waals surface area contributed by atoms with Crippen molar-refractivity contribution in [2.45, 2.75) is 89.1 Å². The predicted molar refractivity (Wildman–Crippen MR) is 81.4 cm³/mol. The SMILES string of the molecule is CCCCCCCCCCC(C)SC(C)C(=O)O. The summed E-state index contributed by atoms with van der Waals surface area (Å²) in [5, 5.41) is 9.02. The second kappa shape index (κ2) is 11.9. The first-order chi connectivity index (χ1) is 8.57. The Morgan fingerprint density at radius 3 is 2.00 bits per heavy atom. The highest BCUT2D eigenvalue weighted by Crippen LogP contribution is 2.22. The zero-order valence-corrected chi connectivity index (χ0v) is 13.1. The molecule has 0 amide bonds. The lowest BCUT2D eigenvalue weighted by Crippen LogP contribution is -2.15. The summed E-state index contributed by atoms with van der Waals surface area (Å²) in [5.74, 6) is -0.692. The van der Waals surface area contributed by atoms with Gasteiger partial charge < -0.3 is 5.11 Å². The molecule has 0 aromatic carbocycles. The van der Waals surface area contributed by atoms with E-state index < -0.39 is 5.97 Å². The molecule has 0 rings (SSSR count). The van der Waals surface area contributed by atoms with E-state index in [1.165, 1.54) is 51.4 Å². The summed E-state index contributed by atoms with van der Waals surface area (Å²) < 4.78 is 0. The summed E-state index contributed by atoms with van der Waals surface area (Å²) in [6.45, 7) is 6.17. The van der Waals surface area contributed by atoms with Crippen LogP contribution in [0.5, 0.6) is 0 Å². The van der Waals surface area contributed by atoms with Crippen molar-refractivity contribution in [1.82, 2.24) is 0 Å². The number of hydrogen-bond acceptors (Lipinski definition) is 2. The van der Waals surface area contributed by atoms with Crippen LogP contribution in [0.4, 0.5) is 0 Å². The molecule has 0 aromatic heterocycles. The van der Waals surface area contributed by atoms with Gasteiger partial charge in [-0.2, -0.15) is 0 Å². The van der Waals surface area contributed by atoms with Gasteiger partial charge in [0.25, 0.3) is 0 Å². The Labute approximate surface area is 117 Å². The molecular weight excluding hydrogens is 244 g/mol. The smallest absolute Gasteiger partial charge is 0.316 e. The molecular formula is C15H30O2S. The molecule has 0 radical (unpaired) electrons. The average Bonchev–Trinajstić information content (AvgIpc) is 2.32. The fourth-order valence-corrected chi connectivity index (χ4v) is 3.16. The molecule has 108 valence electrons. The van der Waals surface area contributed by atoms with Gasteiger partial charge >= 0.3 is 5.97 Å². The van der Waals surface area contributed by atoms with Crippen LogP contribution in [0.3, 0.4) is 0 Å². The lowest BCUT2D eigenvalue weighted by Gasteiger charge is -2.13. The second-order valence-corrected chi connectivity index (χ2v) is 6.97. The molecule has 2 atom stereocenters. The average molecular weight is 274 g/mol. The van der Waals surface area contributed by atoms with E-state index in [2.05, 4.69) is 13.8 Å². The molecule has 0 aromatic rings. The van der Waals surface area contributed by atoms with E-state index in [1.54, 1.807) is 18.7 Å². The number of hydrogen-bond donors (Lipinski definition) is 1. The molecule has 2 unspecified atom stereocenters. The number of carboxylic acids is 1. The maximum Gasteiger partial charge on any atom is 0.316 e. The monoisotopic (exact) mass is 274 g/mol. The third-order valence-electron chi connectivity index (χ3n) is 3.25. The quantitative estimate of drug-likeness (QED) is 0.502. The van der Waals surface area contributed by atoms with Crippen LogP contribution in [0.25, 0.3) is 0 Å². The molecule has 0 saturated carbocycles. The second-order valence-electron chi connectivity index (χ2n) is 5.19. The van der Waals surface area contributed by atoms with Crippen molar-refractivity contribution in [1.29, 1.82) is 0 Å². The van der Waals surface area contributed by atoms with Crippen LogP contribution in [0.1, 0.15) is 78.6 Å². The van der Waals surface area contributed by atoms with Crippen LogP contribution >= 0.6 is 11.8 Å². The van der Waals surface area contributed by atoms with Crippen molar-refractivity contribution in [3.05, 3.63) is 0 Å². The molecule has 0 bridgehead atoms. The Morgan fingerprint density at radius 1 is 1.00 bits per heavy atom. The first-order valence-electron chi connectivity index (χ1n) is 7.46. The lowest BCUT2D eigenvalue weighted by molar-refractivity contribution is -0.136. The number of aliphatic carboxylic acids is 1. The predicted octanol–water partition coefficient (Wildman–Crippen LogP) is 5.11. The van der Waals surface area contributed by atoms with Gasteiger partial charge in [-0.15, -0.1) is 11.8 Å². The van der Waals surface area contributed by atoms with Gasteiger partial charge in [0, 0.05) is 5.25 Å². The van der Waals surface area contributed by atoms with Crippen LogP contribution in [0, 0.1) is 0 Å². The van der Waals surface area contributed by atoms with E-state index in [0.717, 1.165) is 6.42 Å². The van der Waals surface area contributed by atoms with Crippen molar-refractivity contribution < 1.29 is 9.90 Å². The Bertz CT molecular complexity index is 207. The molecule has 0 heterocycles. The highest BCUT2D eigenvalue weighted by atomic mass is 32.2. The number of thioether (sulfide) groups is 1. The highest BCUT2D eigenvalue weighted by Gasteiger charge is 2.14. The van der Waals surface area contributed by atoms with Gasteiger partial charge in [-0.3, -0.25) is 4.79 Å². The molecule has 18 heavy (non-hydrogen) atoms. The fraction of sp³-hybridized carbons (Fsp3) is 0.933. The zero-order chi connectivity index (χ0) is 13.8. The molecule has 0 fully saturated rings. The minimum Gasteiger partial charge on any atom is -0.480 e. The topological polar surface area (TPSA) is 37.3 Å². The molecule has 1 N–H and O–H groups in total. The lowest BCUT2D eigenvalue weighted by atomic mass is 10.1. The number of rotatable bonds is 12. The van der Waals surface area contributed by atoms with Crippen molar-refractivity contribution in [3.8, 4) is 0 Å². The maximum absolute atomic E-state index is 10.7. The first-order valence-corrected chi connectivity index (χ1v) is 8.40. The summed E-state index contributed by atoms with van der Waals surface area (Å²) in [6, 6.07) is 0. The summed E-state index contributed by atoms with van der Waals surface area (Å²) in [4.78, 5) is 10.7. The van der Waals surface area contributed by atoms with Gasteiger partial charge in [-0.25, -0.2) is 0 Å². The molecule has 0 aliphatic rings. The number of unbranched alkanes of at least 4 members (excludes halogenated alkanes) is 7. The van der Waals surface area contributed by atoms with E-state index in [0.29, 0.717) is 5.25 Å². The van der Waals surface area contributed by atoms with E-state index in [4.69, 9.17) is 5.11 Å². The Hall–Kier alpha value is -0.180. The van der Waals surface area contributed by atoms with Crippen LogP contribution in [-0.2, 0) is 4.79 Å². The molecule has 3 heteroatoms. The van der Waals surface area contributed by atoms with E-state index in [1.807, 2.05) is 0 Å². The summed E-state index contributed by atoms with van der Waals surface area (Å²) in [5.41, 5.74) is 0. The Morgan fingerprint density at radius 2 is 1.50 bits per heavy atom. The van der Waals surface area contributed by atoms with Gasteiger partial charge in [0.05, 0.1) is 5.25 Å². The minimum absolute atomic E-state index is 0.269. The van der Waals surface area contributed by atoms with E-state index >= 15 is 0 Å². The Balaban J connectivity index is 3.30. The normalized spacial score (nSPS) is 14.4. The number of carbonyl (C=O) groups is 1. The van der Waals surface area contributed by atoms with Gasteiger partial charge in [0.15, 0.2) is 0 Å². The van der Waals surface area contributed by atoms with Crippen molar-refractivity contribution in [2.75, 3.05) is 0 Å². The number of carboxylic acid groups (broad SMARTS) is 1. The molecule has 0 saturated heterocycles. The van der Waals surface area contributed by atoms with E-state index in [9.17, 15) is 4.79 Å². The van der Waals surface area contributed by atoms with Crippen molar-refractivity contribution in [3.63, 3.8) is 0 Å². The largest absolute Gasteiger partial charge is 0.480 e. The zero-order valence-electron chi connectivity index (χ0n) is 12.3. The van der Waals surface area contributed by atoms with Gasteiger partial charge in [0.2, 0.25) is 0 Å². The fourth-order valence-electron chi connectivity index (χ4n) is 2.04. The standard InChI is InChI=1S/C15H30O2S/c1-4-5-6-7-8-9-10-11-12-13(2)18-14(3)15(16)17/h13-14H,4-12H2,1-3H3,(H,16,17). The van der Waals surface area contributed by atoms with Crippen molar-refractivity contribution >= 4 is 17.7 Å². The van der Waals surface area contributed by atoms with Gasteiger partial charge in [-0.1, -0.05) is 65.2 Å². The third kappa shape index (κ3) is 10.9. The molecule has 0 aliphatic heterocycles. The summed E-state index contributed by atoms with van der Waals surface area (Å²) >= 11 is 1.58. The first kappa shape index (κ1) is 17.8. The Kier molecular flexibility index (Phi) is 11.8. The minimum atomic E-state index is -0.692. The van der Waals surface area contributed by atoms with Gasteiger partial charge in [-0.05, 0) is 13.3 Å². The third-order valence-corrected chi connectivity index (χ3v) is 4.56. The van der Waals surface area contributed by atoms with E-state index in [-0.39, 0.29) is 5.25 Å². The van der Waals surface area contributed by atoms with Crippen LogP contribution in [0.15, 0.2) is 0 Å². The summed E-state index contributed by atoms with van der Waals surface area (Å²) in [7, 11) is 0. The maximum atomic E-state index is 10.7. The van der Waals surface area contributed by atoms with Crippen LogP contribution in [0.2, 0.25) is 0 Å². The highest BCUT2D eigenvalue weighted by molar-refractivity contribution is 8.01.